The van der Waals surface area contributed by atoms with Gasteiger partial charge in [-0.15, -0.1) is 0 Å². The predicted molar refractivity (Wildman–Crippen MR) is 61.9 cm³/mol. The van der Waals surface area contributed by atoms with Crippen LogP contribution in [-0.4, -0.2) is 9.78 Å². The maximum Gasteiger partial charge on any atom is 0.119 e. The van der Waals surface area contributed by atoms with Gasteiger partial charge >= 0.3 is 0 Å². The van der Waals surface area contributed by atoms with Crippen LogP contribution in [0, 0.1) is 0 Å². The summed E-state index contributed by atoms with van der Waals surface area (Å²) in [4.78, 5) is 0. The van der Waals surface area contributed by atoms with E-state index in [1.807, 2.05) is 37.5 Å². The van der Waals surface area contributed by atoms with Gasteiger partial charge in [0.2, 0.25) is 0 Å². The second-order valence-electron chi connectivity index (χ2n) is 3.66. The number of ether oxygens (including phenoxy) is 1. The van der Waals surface area contributed by atoms with Gasteiger partial charge in [-0.25, -0.2) is 0 Å². The van der Waals surface area contributed by atoms with E-state index in [0.717, 1.165) is 16.9 Å². The lowest BCUT2D eigenvalue weighted by Crippen LogP contribution is -1.97. The number of aromatic nitrogens is 2. The van der Waals surface area contributed by atoms with E-state index in [-0.39, 0.29) is 0 Å². The second kappa shape index (κ2) is 4.81. The van der Waals surface area contributed by atoms with Crippen LogP contribution in [0.25, 0.3) is 0 Å². The van der Waals surface area contributed by atoms with Crippen LogP contribution in [0.2, 0.25) is 0 Å². The molecule has 1 aromatic heterocycles. The van der Waals surface area contributed by atoms with Gasteiger partial charge in [-0.1, -0.05) is 12.1 Å². The van der Waals surface area contributed by atoms with Crippen LogP contribution in [-0.2, 0) is 20.2 Å². The monoisotopic (exact) mass is 217 g/mol. The van der Waals surface area contributed by atoms with E-state index in [9.17, 15) is 0 Å². The number of aryl methyl sites for hydroxylation is 1. The van der Waals surface area contributed by atoms with Crippen LogP contribution in [0.1, 0.15) is 11.1 Å². The van der Waals surface area contributed by atoms with Crippen LogP contribution < -0.4 is 10.5 Å². The van der Waals surface area contributed by atoms with Gasteiger partial charge in [0.25, 0.3) is 0 Å². The molecule has 2 N–H and O–H groups in total. The van der Waals surface area contributed by atoms with Crippen molar-refractivity contribution in [3.05, 3.63) is 47.8 Å². The molecule has 0 amide bonds. The fourth-order valence-electron chi connectivity index (χ4n) is 1.43. The highest BCUT2D eigenvalue weighted by Gasteiger charge is 1.98. The van der Waals surface area contributed by atoms with Crippen molar-refractivity contribution in [1.82, 2.24) is 9.78 Å². The fraction of sp³-hybridized carbons (Fsp3) is 0.250. The van der Waals surface area contributed by atoms with Crippen molar-refractivity contribution in [3.63, 3.8) is 0 Å². The van der Waals surface area contributed by atoms with E-state index in [1.165, 1.54) is 0 Å². The molecular weight excluding hydrogens is 202 g/mol. The summed E-state index contributed by atoms with van der Waals surface area (Å²) in [6.07, 6.45) is 3.74. The molecule has 0 fully saturated rings. The molecule has 1 heterocycles. The minimum atomic E-state index is 0.538. The molecule has 0 saturated carbocycles. The first-order valence-corrected chi connectivity index (χ1v) is 5.17. The van der Waals surface area contributed by atoms with Crippen molar-refractivity contribution in [2.24, 2.45) is 12.8 Å². The van der Waals surface area contributed by atoms with Gasteiger partial charge < -0.3 is 10.5 Å². The van der Waals surface area contributed by atoms with Gasteiger partial charge in [0, 0.05) is 25.4 Å². The molecule has 0 aliphatic carbocycles. The van der Waals surface area contributed by atoms with E-state index >= 15 is 0 Å². The average Bonchev–Trinajstić information content (AvgIpc) is 2.73. The third-order valence-electron chi connectivity index (χ3n) is 2.32. The smallest absolute Gasteiger partial charge is 0.119 e. The van der Waals surface area contributed by atoms with Crippen LogP contribution in [0.4, 0.5) is 0 Å². The number of hydrogen-bond acceptors (Lipinski definition) is 3. The summed E-state index contributed by atoms with van der Waals surface area (Å²) in [5, 5.41) is 4.08. The Morgan fingerprint density at radius 1 is 1.25 bits per heavy atom. The second-order valence-corrected chi connectivity index (χ2v) is 3.66. The number of nitrogens with two attached hydrogens (primary N) is 1. The number of rotatable bonds is 4. The highest BCUT2D eigenvalue weighted by Crippen LogP contribution is 2.13. The summed E-state index contributed by atoms with van der Waals surface area (Å²) in [7, 11) is 1.89. The lowest BCUT2D eigenvalue weighted by Gasteiger charge is -2.04. The van der Waals surface area contributed by atoms with Crippen molar-refractivity contribution < 1.29 is 4.74 Å². The molecule has 2 aromatic rings. The van der Waals surface area contributed by atoms with Gasteiger partial charge in [0.15, 0.2) is 0 Å². The molecule has 16 heavy (non-hydrogen) atoms. The lowest BCUT2D eigenvalue weighted by atomic mass is 10.2. The van der Waals surface area contributed by atoms with Crippen LogP contribution in [0.5, 0.6) is 5.75 Å². The van der Waals surface area contributed by atoms with Crippen molar-refractivity contribution >= 4 is 0 Å². The largest absolute Gasteiger partial charge is 0.489 e. The van der Waals surface area contributed by atoms with Crippen molar-refractivity contribution in [3.8, 4) is 5.75 Å². The van der Waals surface area contributed by atoms with E-state index in [4.69, 9.17) is 10.5 Å². The third kappa shape index (κ3) is 2.61. The number of benzene rings is 1. The molecule has 4 nitrogen and oxygen atoms in total. The van der Waals surface area contributed by atoms with Gasteiger partial charge in [-0.2, -0.15) is 5.10 Å². The van der Waals surface area contributed by atoms with E-state index in [1.54, 1.807) is 10.9 Å². The van der Waals surface area contributed by atoms with E-state index in [0.29, 0.717) is 13.2 Å². The first-order chi connectivity index (χ1) is 7.78. The molecule has 0 atom stereocenters. The SMILES string of the molecule is Cn1cc(COc2ccc(CN)cc2)cn1. The van der Waals surface area contributed by atoms with E-state index in [2.05, 4.69) is 5.10 Å². The summed E-state index contributed by atoms with van der Waals surface area (Å²) in [6.45, 7) is 1.10. The maximum absolute atomic E-state index is 5.61. The Morgan fingerprint density at radius 2 is 2.00 bits per heavy atom. The lowest BCUT2D eigenvalue weighted by molar-refractivity contribution is 0.306. The standard InChI is InChI=1S/C12H15N3O/c1-15-8-11(7-14-15)9-16-12-4-2-10(6-13)3-5-12/h2-5,7-8H,6,9,13H2,1H3. The van der Waals surface area contributed by atoms with Gasteiger partial charge in [0.05, 0.1) is 6.20 Å². The highest BCUT2D eigenvalue weighted by atomic mass is 16.5. The third-order valence-corrected chi connectivity index (χ3v) is 2.32. The maximum atomic E-state index is 5.61. The summed E-state index contributed by atoms with van der Waals surface area (Å²) in [6, 6.07) is 7.80. The first-order valence-electron chi connectivity index (χ1n) is 5.17. The van der Waals surface area contributed by atoms with Crippen molar-refractivity contribution in [2.45, 2.75) is 13.2 Å². The zero-order valence-corrected chi connectivity index (χ0v) is 9.26. The van der Waals surface area contributed by atoms with Gasteiger partial charge in [-0.3, -0.25) is 4.68 Å². The quantitative estimate of drug-likeness (QED) is 0.843. The number of hydrogen-bond donors (Lipinski definition) is 1. The normalized spacial score (nSPS) is 10.4. The molecular formula is C12H15N3O. The van der Waals surface area contributed by atoms with Crippen LogP contribution in [0.3, 0.4) is 0 Å². The zero-order chi connectivity index (χ0) is 11.4. The van der Waals surface area contributed by atoms with Gasteiger partial charge in [0.1, 0.15) is 12.4 Å². The molecule has 0 bridgehead atoms. The Labute approximate surface area is 94.6 Å². The van der Waals surface area contributed by atoms with E-state index < -0.39 is 0 Å². The average molecular weight is 217 g/mol. The first kappa shape index (κ1) is 10.7. The topological polar surface area (TPSA) is 53.1 Å². The Bertz CT molecular complexity index is 448. The molecule has 0 radical (unpaired) electrons. The van der Waals surface area contributed by atoms with Crippen LogP contribution in [0.15, 0.2) is 36.7 Å². The molecule has 0 spiro atoms. The Balaban J connectivity index is 1.94. The van der Waals surface area contributed by atoms with Crippen LogP contribution >= 0.6 is 0 Å². The Hall–Kier alpha value is -1.81. The summed E-state index contributed by atoms with van der Waals surface area (Å²) >= 11 is 0. The highest BCUT2D eigenvalue weighted by molar-refractivity contribution is 5.27. The molecule has 4 heteroatoms. The van der Waals surface area contributed by atoms with Crippen molar-refractivity contribution in [1.29, 1.82) is 0 Å². The zero-order valence-electron chi connectivity index (χ0n) is 9.26. The molecule has 0 aliphatic rings. The fourth-order valence-corrected chi connectivity index (χ4v) is 1.43. The molecule has 1 aromatic carbocycles. The minimum absolute atomic E-state index is 0.538. The summed E-state index contributed by atoms with van der Waals surface area (Å²) in [5.41, 5.74) is 7.68. The summed E-state index contributed by atoms with van der Waals surface area (Å²) < 4.78 is 7.37. The molecule has 0 unspecified atom stereocenters. The van der Waals surface area contributed by atoms with Gasteiger partial charge in [-0.05, 0) is 17.7 Å². The number of nitrogens with zero attached hydrogens (tertiary/aromatic N) is 2. The van der Waals surface area contributed by atoms with Crippen molar-refractivity contribution in [2.75, 3.05) is 0 Å². The predicted octanol–water partition coefficient (Wildman–Crippen LogP) is 1.46. The molecule has 0 aliphatic heterocycles. The Morgan fingerprint density at radius 3 is 2.56 bits per heavy atom. The molecule has 84 valence electrons. The summed E-state index contributed by atoms with van der Waals surface area (Å²) in [5.74, 6) is 0.848. The molecule has 2 rings (SSSR count). The molecule has 0 saturated heterocycles. The minimum Gasteiger partial charge on any atom is -0.489 e. The Kier molecular flexibility index (Phi) is 3.22.